The lowest BCUT2D eigenvalue weighted by Crippen LogP contribution is -2.11. The number of oxazole rings is 1. The molecule has 3 aromatic carbocycles. The number of fused-ring (bicyclic) bond motifs is 2. The normalized spacial score (nSPS) is 12.3. The van der Waals surface area contributed by atoms with Gasteiger partial charge in [-0.25, -0.2) is 4.98 Å². The van der Waals surface area contributed by atoms with Crippen molar-refractivity contribution in [1.82, 2.24) is 15.0 Å². The molecule has 0 bridgehead atoms. The number of aromatic nitrogens is 3. The molecule has 0 radical (unpaired) electrons. The molecule has 40 heavy (non-hydrogen) atoms. The van der Waals surface area contributed by atoms with E-state index in [9.17, 15) is 5.11 Å². The molecule has 0 aliphatic heterocycles. The van der Waals surface area contributed by atoms with Gasteiger partial charge >= 0.3 is 0 Å². The lowest BCUT2D eigenvalue weighted by molar-refractivity contribution is 0.472. The Kier molecular flexibility index (Phi) is 5.99. The van der Waals surface area contributed by atoms with Crippen molar-refractivity contribution in [3.05, 3.63) is 96.4 Å². The van der Waals surface area contributed by atoms with Gasteiger partial charge in [0.2, 0.25) is 5.89 Å². The monoisotopic (exact) mass is 527 g/mol. The standard InChI is InChI=1S/C35H33N3O2/c1-34(2,3)24-12-13-29(39)27(16-24)33-38-32-26(17-25(35(4,5)6)18-30(32)40-33)21-9-7-10-22(15-21)28-20-36-19-23-11-8-14-37-31(23)28/h7-20,39H,1-6H3. The summed E-state index contributed by atoms with van der Waals surface area (Å²) in [5.41, 5.74) is 9.03. The van der Waals surface area contributed by atoms with Crippen LogP contribution in [0.5, 0.6) is 5.75 Å². The molecule has 0 saturated carbocycles. The SMILES string of the molecule is CC(C)(C)c1ccc(O)c(-c2nc3c(-c4cccc(-c5cncc6cccnc56)c4)cc(C(C)(C)C)cc3o2)c1. The van der Waals surface area contributed by atoms with Crippen LogP contribution in [0.2, 0.25) is 0 Å². The second kappa shape index (κ2) is 9.30. The molecule has 1 N–H and O–H groups in total. The summed E-state index contributed by atoms with van der Waals surface area (Å²) in [6, 6.07) is 22.3. The average molecular weight is 528 g/mol. The van der Waals surface area contributed by atoms with E-state index in [4.69, 9.17) is 9.40 Å². The number of nitrogens with zero attached hydrogens (tertiary/aromatic N) is 3. The highest BCUT2D eigenvalue weighted by molar-refractivity contribution is 5.96. The first kappa shape index (κ1) is 25.8. The van der Waals surface area contributed by atoms with Gasteiger partial charge in [-0.1, -0.05) is 65.8 Å². The van der Waals surface area contributed by atoms with E-state index in [1.54, 1.807) is 6.07 Å². The number of aromatic hydroxyl groups is 1. The Labute approximate surface area is 234 Å². The maximum absolute atomic E-state index is 10.8. The van der Waals surface area contributed by atoms with Crippen LogP contribution >= 0.6 is 0 Å². The number of phenols is 1. The molecular weight excluding hydrogens is 494 g/mol. The maximum atomic E-state index is 10.8. The molecule has 0 aliphatic carbocycles. The zero-order chi connectivity index (χ0) is 28.2. The fourth-order valence-electron chi connectivity index (χ4n) is 5.04. The first-order valence-electron chi connectivity index (χ1n) is 13.6. The van der Waals surface area contributed by atoms with E-state index < -0.39 is 0 Å². The minimum Gasteiger partial charge on any atom is -0.507 e. The number of benzene rings is 3. The highest BCUT2D eigenvalue weighted by Crippen LogP contribution is 2.40. The molecule has 0 aliphatic rings. The predicted octanol–water partition coefficient (Wildman–Crippen LogP) is 9.07. The third kappa shape index (κ3) is 4.62. The van der Waals surface area contributed by atoms with Crippen molar-refractivity contribution in [2.24, 2.45) is 0 Å². The molecule has 6 aromatic rings. The van der Waals surface area contributed by atoms with E-state index in [1.807, 2.05) is 42.9 Å². The van der Waals surface area contributed by atoms with E-state index in [-0.39, 0.29) is 16.6 Å². The molecule has 0 atom stereocenters. The fraction of sp³-hybridized carbons (Fsp3) is 0.229. The maximum Gasteiger partial charge on any atom is 0.231 e. The number of rotatable bonds is 3. The molecule has 0 amide bonds. The largest absolute Gasteiger partial charge is 0.507 e. The van der Waals surface area contributed by atoms with Gasteiger partial charge in [-0.05, 0) is 75.5 Å². The summed E-state index contributed by atoms with van der Waals surface area (Å²) in [6.45, 7) is 13.0. The summed E-state index contributed by atoms with van der Waals surface area (Å²) in [5.74, 6) is 0.555. The third-order valence-electron chi connectivity index (χ3n) is 7.45. The van der Waals surface area contributed by atoms with Crippen molar-refractivity contribution in [1.29, 1.82) is 0 Å². The Balaban J connectivity index is 1.56. The van der Waals surface area contributed by atoms with Crippen LogP contribution in [0.1, 0.15) is 52.7 Å². The highest BCUT2D eigenvalue weighted by Gasteiger charge is 2.23. The molecule has 0 saturated heterocycles. The Morgan fingerprint density at radius 1 is 0.675 bits per heavy atom. The van der Waals surface area contributed by atoms with Gasteiger partial charge in [-0.3, -0.25) is 9.97 Å². The van der Waals surface area contributed by atoms with E-state index in [2.05, 4.69) is 87.9 Å². The molecule has 5 nitrogen and oxygen atoms in total. The van der Waals surface area contributed by atoms with Crippen molar-refractivity contribution in [2.75, 3.05) is 0 Å². The van der Waals surface area contributed by atoms with Gasteiger partial charge in [-0.2, -0.15) is 0 Å². The van der Waals surface area contributed by atoms with Gasteiger partial charge in [0, 0.05) is 35.1 Å². The fourth-order valence-corrected chi connectivity index (χ4v) is 5.04. The zero-order valence-electron chi connectivity index (χ0n) is 23.8. The zero-order valence-corrected chi connectivity index (χ0v) is 23.8. The molecule has 200 valence electrons. The smallest absolute Gasteiger partial charge is 0.231 e. The van der Waals surface area contributed by atoms with Crippen LogP contribution in [0.15, 0.2) is 89.7 Å². The van der Waals surface area contributed by atoms with E-state index >= 15 is 0 Å². The van der Waals surface area contributed by atoms with Crippen LogP contribution in [0.4, 0.5) is 0 Å². The summed E-state index contributed by atoms with van der Waals surface area (Å²) >= 11 is 0. The molecule has 5 heteroatoms. The minimum atomic E-state index is -0.106. The first-order chi connectivity index (χ1) is 19.0. The number of hydrogen-bond donors (Lipinski definition) is 1. The van der Waals surface area contributed by atoms with E-state index in [1.165, 1.54) is 0 Å². The Bertz CT molecular complexity index is 1880. The lowest BCUT2D eigenvalue weighted by Gasteiger charge is -2.20. The van der Waals surface area contributed by atoms with Crippen LogP contribution in [0.25, 0.3) is 55.7 Å². The molecular formula is C35H33N3O2. The van der Waals surface area contributed by atoms with Crippen molar-refractivity contribution < 1.29 is 9.52 Å². The summed E-state index contributed by atoms with van der Waals surface area (Å²) in [4.78, 5) is 14.1. The molecule has 3 heterocycles. The van der Waals surface area contributed by atoms with Crippen LogP contribution in [0.3, 0.4) is 0 Å². The number of hydrogen-bond acceptors (Lipinski definition) is 5. The Morgan fingerprint density at radius 3 is 2.15 bits per heavy atom. The number of phenolic OH excluding ortho intramolecular Hbond substituents is 1. The summed E-state index contributed by atoms with van der Waals surface area (Å²) in [7, 11) is 0. The molecule has 3 aromatic heterocycles. The molecule has 0 spiro atoms. The highest BCUT2D eigenvalue weighted by atomic mass is 16.3. The van der Waals surface area contributed by atoms with Crippen LogP contribution in [-0.2, 0) is 10.8 Å². The Morgan fingerprint density at radius 2 is 1.40 bits per heavy atom. The van der Waals surface area contributed by atoms with Gasteiger partial charge in [0.05, 0.1) is 11.1 Å². The minimum absolute atomic E-state index is 0.0786. The van der Waals surface area contributed by atoms with Gasteiger partial charge in [0.25, 0.3) is 0 Å². The van der Waals surface area contributed by atoms with Gasteiger partial charge in [0.15, 0.2) is 5.58 Å². The third-order valence-corrected chi connectivity index (χ3v) is 7.45. The predicted molar refractivity (Wildman–Crippen MR) is 162 cm³/mol. The topological polar surface area (TPSA) is 72.0 Å². The molecule has 6 rings (SSSR count). The van der Waals surface area contributed by atoms with Gasteiger partial charge in [0.1, 0.15) is 11.3 Å². The summed E-state index contributed by atoms with van der Waals surface area (Å²) < 4.78 is 6.38. The van der Waals surface area contributed by atoms with E-state index in [0.717, 1.165) is 49.8 Å². The first-order valence-corrected chi connectivity index (χ1v) is 13.6. The summed E-state index contributed by atoms with van der Waals surface area (Å²) in [6.07, 6.45) is 5.52. The lowest BCUT2D eigenvalue weighted by atomic mass is 9.84. The van der Waals surface area contributed by atoms with Crippen LogP contribution < -0.4 is 0 Å². The summed E-state index contributed by atoms with van der Waals surface area (Å²) in [5, 5.41) is 11.8. The van der Waals surface area contributed by atoms with Crippen LogP contribution in [0, 0.1) is 0 Å². The second-order valence-corrected chi connectivity index (χ2v) is 12.5. The van der Waals surface area contributed by atoms with Gasteiger partial charge in [-0.15, -0.1) is 0 Å². The van der Waals surface area contributed by atoms with E-state index in [0.29, 0.717) is 17.0 Å². The second-order valence-electron chi connectivity index (χ2n) is 12.5. The quantitative estimate of drug-likeness (QED) is 0.248. The number of pyridine rings is 2. The van der Waals surface area contributed by atoms with Crippen molar-refractivity contribution in [2.45, 2.75) is 52.4 Å². The van der Waals surface area contributed by atoms with Crippen molar-refractivity contribution in [3.63, 3.8) is 0 Å². The van der Waals surface area contributed by atoms with Crippen molar-refractivity contribution in [3.8, 4) is 39.5 Å². The van der Waals surface area contributed by atoms with Crippen molar-refractivity contribution >= 4 is 22.0 Å². The molecule has 0 fully saturated rings. The van der Waals surface area contributed by atoms with Gasteiger partial charge < -0.3 is 9.52 Å². The molecule has 0 unspecified atom stereocenters. The van der Waals surface area contributed by atoms with Crippen LogP contribution in [-0.4, -0.2) is 20.1 Å². The Hall–Kier alpha value is -4.51. The average Bonchev–Trinajstić information content (AvgIpc) is 3.35.